The molecule has 16 heavy (non-hydrogen) atoms. The summed E-state index contributed by atoms with van der Waals surface area (Å²) in [5.41, 5.74) is 0. The Labute approximate surface area is 98.8 Å². The van der Waals surface area contributed by atoms with Gasteiger partial charge >= 0.3 is 6.03 Å². The summed E-state index contributed by atoms with van der Waals surface area (Å²) in [4.78, 5) is 13.8. The third kappa shape index (κ3) is 4.84. The second kappa shape index (κ2) is 7.49. The van der Waals surface area contributed by atoms with E-state index in [1.54, 1.807) is 0 Å². The van der Waals surface area contributed by atoms with E-state index >= 15 is 0 Å². The van der Waals surface area contributed by atoms with E-state index in [9.17, 15) is 4.79 Å². The van der Waals surface area contributed by atoms with Crippen LogP contribution >= 0.6 is 0 Å². The highest BCUT2D eigenvalue weighted by atomic mass is 16.2. The first kappa shape index (κ1) is 13.3. The zero-order valence-electron chi connectivity index (χ0n) is 10.6. The topological polar surface area (TPSA) is 44.4 Å². The minimum Gasteiger partial charge on any atom is -0.337 e. The SMILES string of the molecule is CCCN(CC)CCNC(=O)NC1CCC1. The van der Waals surface area contributed by atoms with Gasteiger partial charge in [-0.3, -0.25) is 0 Å². The van der Waals surface area contributed by atoms with Gasteiger partial charge in [-0.2, -0.15) is 0 Å². The maximum atomic E-state index is 11.4. The lowest BCUT2D eigenvalue weighted by molar-refractivity contribution is 0.224. The van der Waals surface area contributed by atoms with E-state index in [1.807, 2.05) is 0 Å². The van der Waals surface area contributed by atoms with Gasteiger partial charge in [-0.05, 0) is 38.8 Å². The van der Waals surface area contributed by atoms with Crippen LogP contribution in [0.15, 0.2) is 0 Å². The summed E-state index contributed by atoms with van der Waals surface area (Å²) in [5.74, 6) is 0. The van der Waals surface area contributed by atoms with Crippen molar-refractivity contribution in [2.24, 2.45) is 0 Å². The Hall–Kier alpha value is -0.770. The molecule has 1 rings (SSSR count). The van der Waals surface area contributed by atoms with Gasteiger partial charge in [0.1, 0.15) is 0 Å². The predicted octanol–water partition coefficient (Wildman–Crippen LogP) is 1.57. The van der Waals surface area contributed by atoms with E-state index in [2.05, 4.69) is 29.4 Å². The first-order valence-corrected chi connectivity index (χ1v) is 6.53. The molecule has 1 saturated carbocycles. The van der Waals surface area contributed by atoms with Crippen LogP contribution in [0.3, 0.4) is 0 Å². The van der Waals surface area contributed by atoms with E-state index < -0.39 is 0 Å². The van der Waals surface area contributed by atoms with E-state index in [4.69, 9.17) is 0 Å². The van der Waals surface area contributed by atoms with Crippen LogP contribution in [-0.2, 0) is 0 Å². The summed E-state index contributed by atoms with van der Waals surface area (Å²) in [6.45, 7) is 8.19. The predicted molar refractivity (Wildman–Crippen MR) is 66.6 cm³/mol. The van der Waals surface area contributed by atoms with Gasteiger partial charge < -0.3 is 15.5 Å². The van der Waals surface area contributed by atoms with E-state index in [0.717, 1.165) is 39.0 Å². The fraction of sp³-hybridized carbons (Fsp3) is 0.917. The minimum absolute atomic E-state index is 0.00254. The highest BCUT2D eigenvalue weighted by Crippen LogP contribution is 2.17. The lowest BCUT2D eigenvalue weighted by Gasteiger charge is -2.26. The number of nitrogens with zero attached hydrogens (tertiary/aromatic N) is 1. The van der Waals surface area contributed by atoms with Crippen LogP contribution < -0.4 is 10.6 Å². The van der Waals surface area contributed by atoms with Crippen molar-refractivity contribution >= 4 is 6.03 Å². The molecule has 0 aliphatic heterocycles. The Bertz CT molecular complexity index is 204. The summed E-state index contributed by atoms with van der Waals surface area (Å²) in [5, 5.41) is 5.88. The number of likely N-dealkylation sites (N-methyl/N-ethyl adjacent to an activating group) is 1. The molecule has 0 bridgehead atoms. The molecule has 0 radical (unpaired) electrons. The third-order valence-corrected chi connectivity index (χ3v) is 3.14. The average molecular weight is 227 g/mol. The molecule has 1 fully saturated rings. The highest BCUT2D eigenvalue weighted by molar-refractivity contribution is 5.74. The van der Waals surface area contributed by atoms with Gasteiger partial charge in [0.2, 0.25) is 0 Å². The molecule has 2 N–H and O–H groups in total. The molecule has 0 aromatic heterocycles. The summed E-state index contributed by atoms with van der Waals surface area (Å²) in [6, 6.07) is 0.426. The van der Waals surface area contributed by atoms with E-state index in [1.165, 1.54) is 12.8 Å². The second-order valence-electron chi connectivity index (χ2n) is 4.46. The Morgan fingerprint density at radius 1 is 1.31 bits per heavy atom. The molecule has 1 aliphatic rings. The lowest BCUT2D eigenvalue weighted by atomic mass is 9.93. The highest BCUT2D eigenvalue weighted by Gasteiger charge is 2.18. The Kier molecular flexibility index (Phi) is 6.23. The number of carbonyl (C=O) groups excluding carboxylic acids is 1. The summed E-state index contributed by atoms with van der Waals surface area (Å²) in [7, 11) is 0. The van der Waals surface area contributed by atoms with Crippen molar-refractivity contribution in [3.63, 3.8) is 0 Å². The first-order valence-electron chi connectivity index (χ1n) is 6.53. The van der Waals surface area contributed by atoms with E-state index in [0.29, 0.717) is 6.04 Å². The number of amides is 2. The lowest BCUT2D eigenvalue weighted by Crippen LogP contribution is -2.46. The molecule has 94 valence electrons. The number of nitrogens with one attached hydrogen (secondary N) is 2. The molecule has 2 amide bonds. The van der Waals surface area contributed by atoms with Crippen molar-refractivity contribution in [3.05, 3.63) is 0 Å². The maximum Gasteiger partial charge on any atom is 0.315 e. The molecule has 0 atom stereocenters. The van der Waals surface area contributed by atoms with Crippen molar-refractivity contribution in [1.82, 2.24) is 15.5 Å². The van der Waals surface area contributed by atoms with Gasteiger partial charge in [-0.15, -0.1) is 0 Å². The molecular weight excluding hydrogens is 202 g/mol. The minimum atomic E-state index is -0.00254. The molecule has 0 spiro atoms. The van der Waals surface area contributed by atoms with Crippen molar-refractivity contribution < 1.29 is 4.79 Å². The van der Waals surface area contributed by atoms with Gasteiger partial charge in [0, 0.05) is 19.1 Å². The van der Waals surface area contributed by atoms with Gasteiger partial charge in [0.05, 0.1) is 0 Å². The van der Waals surface area contributed by atoms with Crippen LogP contribution in [0.25, 0.3) is 0 Å². The third-order valence-electron chi connectivity index (χ3n) is 3.14. The van der Waals surface area contributed by atoms with Gasteiger partial charge in [-0.25, -0.2) is 4.79 Å². The van der Waals surface area contributed by atoms with Crippen LogP contribution in [0.1, 0.15) is 39.5 Å². The van der Waals surface area contributed by atoms with E-state index in [-0.39, 0.29) is 6.03 Å². The monoisotopic (exact) mass is 227 g/mol. The largest absolute Gasteiger partial charge is 0.337 e. The molecule has 1 aliphatic carbocycles. The van der Waals surface area contributed by atoms with Crippen molar-refractivity contribution in [2.75, 3.05) is 26.2 Å². The number of urea groups is 1. The van der Waals surface area contributed by atoms with Crippen molar-refractivity contribution in [3.8, 4) is 0 Å². The summed E-state index contributed by atoms with van der Waals surface area (Å²) >= 11 is 0. The quantitative estimate of drug-likeness (QED) is 0.693. The average Bonchev–Trinajstić information content (AvgIpc) is 2.22. The standard InChI is InChI=1S/C12H25N3O/c1-3-9-15(4-2)10-8-13-12(16)14-11-6-5-7-11/h11H,3-10H2,1-2H3,(H2,13,14,16). The fourth-order valence-corrected chi connectivity index (χ4v) is 1.86. The molecule has 4 nitrogen and oxygen atoms in total. The second-order valence-corrected chi connectivity index (χ2v) is 4.46. The molecule has 4 heteroatoms. The van der Waals surface area contributed by atoms with Gasteiger partial charge in [-0.1, -0.05) is 13.8 Å². The van der Waals surface area contributed by atoms with Gasteiger partial charge in [0.15, 0.2) is 0 Å². The summed E-state index contributed by atoms with van der Waals surface area (Å²) in [6.07, 6.45) is 4.71. The number of rotatable bonds is 7. The van der Waals surface area contributed by atoms with Crippen molar-refractivity contribution in [1.29, 1.82) is 0 Å². The Morgan fingerprint density at radius 2 is 2.06 bits per heavy atom. The molecule has 0 unspecified atom stereocenters. The molecular formula is C12H25N3O. The smallest absolute Gasteiger partial charge is 0.315 e. The molecule has 0 heterocycles. The zero-order chi connectivity index (χ0) is 11.8. The van der Waals surface area contributed by atoms with Crippen LogP contribution in [0, 0.1) is 0 Å². The van der Waals surface area contributed by atoms with Crippen molar-refractivity contribution in [2.45, 2.75) is 45.6 Å². The Balaban J connectivity index is 2.01. The van der Waals surface area contributed by atoms with Crippen LogP contribution in [-0.4, -0.2) is 43.2 Å². The van der Waals surface area contributed by atoms with Crippen LogP contribution in [0.5, 0.6) is 0 Å². The normalized spacial score (nSPS) is 15.9. The zero-order valence-corrected chi connectivity index (χ0v) is 10.6. The molecule has 0 aromatic rings. The molecule has 0 aromatic carbocycles. The van der Waals surface area contributed by atoms with Gasteiger partial charge in [0.25, 0.3) is 0 Å². The maximum absolute atomic E-state index is 11.4. The van der Waals surface area contributed by atoms with Crippen LogP contribution in [0.4, 0.5) is 4.79 Å². The van der Waals surface area contributed by atoms with Crippen LogP contribution in [0.2, 0.25) is 0 Å². The number of hydrogen-bond donors (Lipinski definition) is 2. The molecule has 0 saturated heterocycles. The Morgan fingerprint density at radius 3 is 2.56 bits per heavy atom. The number of hydrogen-bond acceptors (Lipinski definition) is 2. The number of carbonyl (C=O) groups is 1. The fourth-order valence-electron chi connectivity index (χ4n) is 1.86. The first-order chi connectivity index (χ1) is 7.76. The summed E-state index contributed by atoms with van der Waals surface area (Å²) < 4.78 is 0.